The van der Waals surface area contributed by atoms with Crippen molar-refractivity contribution in [2.24, 2.45) is 0 Å². The molecule has 1 aromatic rings. The third-order valence-corrected chi connectivity index (χ3v) is 1.58. The van der Waals surface area contributed by atoms with Gasteiger partial charge in [-0.2, -0.15) is 0 Å². The summed E-state index contributed by atoms with van der Waals surface area (Å²) in [5, 5.41) is 0. The van der Waals surface area contributed by atoms with Crippen molar-refractivity contribution in [2.45, 2.75) is 46.6 Å². The molecule has 1 aromatic carbocycles. The molecule has 0 spiro atoms. The van der Waals surface area contributed by atoms with Gasteiger partial charge in [0.2, 0.25) is 0 Å². The Morgan fingerprint density at radius 3 is 1.94 bits per heavy atom. The van der Waals surface area contributed by atoms with Gasteiger partial charge in [-0.05, 0) is 12.1 Å². The largest absolute Gasteiger partial charge is 0.491 e. The molecule has 0 aliphatic carbocycles. The van der Waals surface area contributed by atoms with Gasteiger partial charge in [-0.3, -0.25) is 0 Å². The van der Waals surface area contributed by atoms with Crippen LogP contribution in [-0.4, -0.2) is 19.3 Å². The smallest absolute Gasteiger partial charge is 0.119 e. The first kappa shape index (κ1) is 16.0. The van der Waals surface area contributed by atoms with E-state index in [0.29, 0.717) is 12.7 Å². The number of epoxide rings is 1. The Kier molecular flexibility index (Phi) is 10.8. The second-order valence-corrected chi connectivity index (χ2v) is 3.99. The van der Waals surface area contributed by atoms with E-state index in [1.165, 1.54) is 12.8 Å². The van der Waals surface area contributed by atoms with E-state index in [4.69, 9.17) is 9.47 Å². The van der Waals surface area contributed by atoms with Crippen molar-refractivity contribution in [3.05, 3.63) is 30.3 Å². The van der Waals surface area contributed by atoms with Crippen LogP contribution in [0.1, 0.15) is 40.5 Å². The molecule has 1 unspecified atom stereocenters. The van der Waals surface area contributed by atoms with Crippen LogP contribution in [-0.2, 0) is 4.74 Å². The van der Waals surface area contributed by atoms with Crippen molar-refractivity contribution in [2.75, 3.05) is 13.2 Å². The Hall–Kier alpha value is -1.02. The van der Waals surface area contributed by atoms with E-state index >= 15 is 0 Å². The van der Waals surface area contributed by atoms with E-state index in [1.54, 1.807) is 0 Å². The molecule has 1 aliphatic heterocycles. The van der Waals surface area contributed by atoms with Gasteiger partial charge < -0.3 is 9.47 Å². The molecule has 0 saturated carbocycles. The zero-order valence-corrected chi connectivity index (χ0v) is 11.6. The summed E-state index contributed by atoms with van der Waals surface area (Å²) in [5.74, 6) is 0.919. The number of para-hydroxylation sites is 1. The van der Waals surface area contributed by atoms with Crippen molar-refractivity contribution in [1.82, 2.24) is 0 Å². The van der Waals surface area contributed by atoms with E-state index in [2.05, 4.69) is 27.7 Å². The van der Waals surface area contributed by atoms with E-state index in [-0.39, 0.29) is 0 Å². The van der Waals surface area contributed by atoms with Crippen LogP contribution in [0.25, 0.3) is 0 Å². The maximum atomic E-state index is 5.40. The quantitative estimate of drug-likeness (QED) is 0.732. The highest BCUT2D eigenvalue weighted by Gasteiger charge is 2.22. The third-order valence-electron chi connectivity index (χ3n) is 1.58. The predicted molar refractivity (Wildman–Crippen MR) is 73.6 cm³/mol. The van der Waals surface area contributed by atoms with Gasteiger partial charge in [0, 0.05) is 0 Å². The zero-order chi connectivity index (χ0) is 12.9. The average Bonchev–Trinajstić information content (AvgIpc) is 3.14. The summed E-state index contributed by atoms with van der Waals surface area (Å²) in [5.41, 5.74) is 0. The molecule has 1 aliphatic rings. The van der Waals surface area contributed by atoms with Crippen molar-refractivity contribution in [3.63, 3.8) is 0 Å². The highest BCUT2D eigenvalue weighted by atomic mass is 16.6. The summed E-state index contributed by atoms with van der Waals surface area (Å²) in [4.78, 5) is 0. The first-order valence-electron chi connectivity index (χ1n) is 6.57. The molecule has 2 nitrogen and oxygen atoms in total. The van der Waals surface area contributed by atoms with Crippen molar-refractivity contribution < 1.29 is 9.47 Å². The molecule has 1 atom stereocenters. The lowest BCUT2D eigenvalue weighted by atomic mass is 10.3. The van der Waals surface area contributed by atoms with Gasteiger partial charge >= 0.3 is 0 Å². The molecule has 0 radical (unpaired) electrons. The Balaban J connectivity index is 0.000000366. The van der Waals surface area contributed by atoms with Crippen LogP contribution in [0.2, 0.25) is 0 Å². The van der Waals surface area contributed by atoms with Gasteiger partial charge in [0.25, 0.3) is 0 Å². The SMILES string of the molecule is CCC.CCC.c1ccc(OCC2CO2)cc1. The number of ether oxygens (including phenoxy) is 2. The normalized spacial score (nSPS) is 15.9. The fourth-order valence-electron chi connectivity index (χ4n) is 0.870. The van der Waals surface area contributed by atoms with Crippen molar-refractivity contribution >= 4 is 0 Å². The number of hydrogen-bond donors (Lipinski definition) is 0. The number of rotatable bonds is 3. The minimum Gasteiger partial charge on any atom is -0.491 e. The van der Waals surface area contributed by atoms with E-state index in [0.717, 1.165) is 12.4 Å². The lowest BCUT2D eigenvalue weighted by Gasteiger charge is -2.01. The summed E-state index contributed by atoms with van der Waals surface area (Å²) < 4.78 is 10.4. The van der Waals surface area contributed by atoms with E-state index in [9.17, 15) is 0 Å². The van der Waals surface area contributed by atoms with Crippen LogP contribution in [0.3, 0.4) is 0 Å². The van der Waals surface area contributed by atoms with Crippen LogP contribution in [0, 0.1) is 0 Å². The van der Waals surface area contributed by atoms with Gasteiger partial charge in [0.1, 0.15) is 18.5 Å². The van der Waals surface area contributed by atoms with Gasteiger partial charge in [-0.25, -0.2) is 0 Å². The second-order valence-electron chi connectivity index (χ2n) is 3.99. The highest BCUT2D eigenvalue weighted by Crippen LogP contribution is 2.13. The average molecular weight is 238 g/mol. The highest BCUT2D eigenvalue weighted by molar-refractivity contribution is 5.20. The van der Waals surface area contributed by atoms with Gasteiger partial charge in [0.05, 0.1) is 6.61 Å². The molecule has 98 valence electrons. The molecule has 1 heterocycles. The monoisotopic (exact) mass is 238 g/mol. The first-order chi connectivity index (χ1) is 8.28. The van der Waals surface area contributed by atoms with Crippen LogP contribution in [0.4, 0.5) is 0 Å². The minimum atomic E-state index is 0.343. The first-order valence-corrected chi connectivity index (χ1v) is 6.57. The van der Waals surface area contributed by atoms with Crippen LogP contribution < -0.4 is 4.74 Å². The molecule has 0 N–H and O–H groups in total. The maximum Gasteiger partial charge on any atom is 0.119 e. The predicted octanol–water partition coefficient (Wildman–Crippen LogP) is 4.30. The minimum absolute atomic E-state index is 0.343. The second kappa shape index (κ2) is 11.5. The summed E-state index contributed by atoms with van der Waals surface area (Å²) >= 11 is 0. The Labute approximate surface area is 106 Å². The lowest BCUT2D eigenvalue weighted by Crippen LogP contribution is -2.03. The molecule has 2 rings (SSSR count). The molecular formula is C15H26O2. The van der Waals surface area contributed by atoms with Gasteiger partial charge in [-0.15, -0.1) is 0 Å². The Bertz CT molecular complexity index is 240. The number of benzene rings is 1. The molecular weight excluding hydrogens is 212 g/mol. The fourth-order valence-corrected chi connectivity index (χ4v) is 0.870. The number of hydrogen-bond acceptors (Lipinski definition) is 2. The van der Waals surface area contributed by atoms with Gasteiger partial charge in [-0.1, -0.05) is 58.7 Å². The Morgan fingerprint density at radius 1 is 1.06 bits per heavy atom. The van der Waals surface area contributed by atoms with Crippen molar-refractivity contribution in [3.8, 4) is 5.75 Å². The molecule has 1 saturated heterocycles. The fraction of sp³-hybridized carbons (Fsp3) is 0.600. The van der Waals surface area contributed by atoms with Crippen LogP contribution in [0.15, 0.2) is 30.3 Å². The maximum absolute atomic E-state index is 5.40. The topological polar surface area (TPSA) is 21.8 Å². The molecule has 0 aromatic heterocycles. The summed E-state index contributed by atoms with van der Waals surface area (Å²) in [6.07, 6.45) is 2.84. The van der Waals surface area contributed by atoms with E-state index in [1.807, 2.05) is 30.3 Å². The summed E-state index contributed by atoms with van der Waals surface area (Å²) in [7, 11) is 0. The standard InChI is InChI=1S/C9H10O2.2C3H8/c1-2-4-8(5-3-1)10-6-9-7-11-9;2*1-3-2/h1-5,9H,6-7H2;2*3H2,1-2H3. The lowest BCUT2D eigenvalue weighted by molar-refractivity contribution is 0.263. The molecule has 1 fully saturated rings. The van der Waals surface area contributed by atoms with Crippen molar-refractivity contribution in [1.29, 1.82) is 0 Å². The van der Waals surface area contributed by atoms with Gasteiger partial charge in [0.15, 0.2) is 0 Å². The Morgan fingerprint density at radius 2 is 1.53 bits per heavy atom. The van der Waals surface area contributed by atoms with Crippen LogP contribution in [0.5, 0.6) is 5.75 Å². The molecule has 0 bridgehead atoms. The molecule has 2 heteroatoms. The summed E-state index contributed by atoms with van der Waals surface area (Å²) in [6, 6.07) is 9.79. The molecule has 0 amide bonds. The van der Waals surface area contributed by atoms with E-state index < -0.39 is 0 Å². The summed E-state index contributed by atoms with van der Waals surface area (Å²) in [6.45, 7) is 10.0. The van der Waals surface area contributed by atoms with Crippen LogP contribution >= 0.6 is 0 Å². The molecule has 17 heavy (non-hydrogen) atoms. The third kappa shape index (κ3) is 11.2. The zero-order valence-electron chi connectivity index (χ0n) is 11.6.